The summed E-state index contributed by atoms with van der Waals surface area (Å²) < 4.78 is 12.0. The Morgan fingerprint density at radius 1 is 1.00 bits per heavy atom. The highest BCUT2D eigenvalue weighted by Gasteiger charge is 2.69. The third-order valence-corrected chi connectivity index (χ3v) is 13.5. The number of imide groups is 1. The highest BCUT2D eigenvalue weighted by atomic mass is 79.9. The van der Waals surface area contributed by atoms with Gasteiger partial charge in [-0.15, -0.1) is 11.8 Å². The van der Waals surface area contributed by atoms with Gasteiger partial charge in [-0.25, -0.2) is 4.79 Å². The van der Waals surface area contributed by atoms with Crippen molar-refractivity contribution in [3.8, 4) is 5.75 Å². The van der Waals surface area contributed by atoms with Gasteiger partial charge in [0.2, 0.25) is 11.8 Å². The van der Waals surface area contributed by atoms with Crippen molar-refractivity contribution in [3.05, 3.63) is 102 Å². The fourth-order valence-corrected chi connectivity index (χ4v) is 11.7. The van der Waals surface area contributed by atoms with E-state index in [1.54, 1.807) is 73.3 Å². The average Bonchev–Trinajstić information content (AvgIpc) is 3.84. The Labute approximate surface area is 308 Å². The number of rotatable bonds is 8. The molecule has 7 atom stereocenters. The molecule has 14 heteroatoms. The zero-order chi connectivity index (χ0) is 34.8. The summed E-state index contributed by atoms with van der Waals surface area (Å²) in [6.45, 7) is 1.71. The van der Waals surface area contributed by atoms with Gasteiger partial charge in [-0.05, 0) is 97.8 Å². The average molecular weight is 795 g/mol. The van der Waals surface area contributed by atoms with Gasteiger partial charge in [-0.1, -0.05) is 38.9 Å². The van der Waals surface area contributed by atoms with Crippen LogP contribution in [-0.4, -0.2) is 47.1 Å². The van der Waals surface area contributed by atoms with Crippen molar-refractivity contribution in [2.45, 2.75) is 29.5 Å². The summed E-state index contributed by atoms with van der Waals surface area (Å²) in [5.74, 6) is -2.14. The van der Waals surface area contributed by atoms with Crippen LogP contribution in [-0.2, 0) is 19.1 Å². The Kier molecular flexibility index (Phi) is 8.65. The molecule has 4 aromatic rings. The lowest BCUT2D eigenvalue weighted by Crippen LogP contribution is -2.42. The number of fused-ring (bicyclic) bond motifs is 9. The number of aromatic nitrogens is 1. The Bertz CT molecular complexity index is 2100. The first-order valence-electron chi connectivity index (χ1n) is 16.1. The number of carbonyl (C=O) groups excluding carboxylic acids is 4. The van der Waals surface area contributed by atoms with Crippen LogP contribution in [0.15, 0.2) is 81.0 Å². The molecule has 0 spiro atoms. The Morgan fingerprint density at radius 3 is 2.44 bits per heavy atom. The lowest BCUT2D eigenvalue weighted by molar-refractivity contribution is -0.123. The molecule has 3 amide bonds. The molecule has 2 bridgehead atoms. The molecule has 1 aromatic heterocycles. The van der Waals surface area contributed by atoms with Gasteiger partial charge >= 0.3 is 10.8 Å². The molecule has 50 heavy (non-hydrogen) atoms. The van der Waals surface area contributed by atoms with E-state index in [2.05, 4.69) is 26.2 Å². The molecule has 2 saturated carbocycles. The molecule has 256 valence electrons. The maximum atomic E-state index is 14.1. The number of hydrogen-bond donors (Lipinski definition) is 2. The number of ether oxygens (including phenoxy) is 2. The lowest BCUT2D eigenvalue weighted by Gasteiger charge is -2.43. The van der Waals surface area contributed by atoms with Crippen molar-refractivity contribution in [1.82, 2.24) is 4.98 Å². The number of carbonyl (C=O) groups is 4. The molecule has 6 unspecified atom stereocenters. The zero-order valence-corrected chi connectivity index (χ0v) is 30.4. The highest BCUT2D eigenvalue weighted by Crippen LogP contribution is 2.69. The minimum Gasteiger partial charge on any atom is -0.483 e. The van der Waals surface area contributed by atoms with Gasteiger partial charge in [-0.3, -0.25) is 24.1 Å². The normalized spacial score (nSPS) is 26.0. The van der Waals surface area contributed by atoms with Gasteiger partial charge in [0.1, 0.15) is 5.75 Å². The molecule has 2 N–H and O–H groups in total. The standard InChI is InChI=1S/C36H29BrClN3O7S2/c1-2-47-35(45)16-3-8-19(9-4-16)39-25(42)15-48-24-12-5-17(37)13-21(24)26-27-22-14-23(30(27)49-32-31(26)50-36(46)40-32)29-28(22)33(43)41(34(29)44)20-10-6-18(38)7-11-20/h3-13,22-23,26-30H,2,14-15H2,1H3,(H,39,42)(H,40,46)/t22?,23?,26-,27?,28?,29?,30?/m1/s1. The smallest absolute Gasteiger partial charge is 0.338 e. The molecule has 1 saturated heterocycles. The zero-order valence-electron chi connectivity index (χ0n) is 26.4. The number of esters is 1. The number of benzene rings is 3. The van der Waals surface area contributed by atoms with E-state index in [1.807, 2.05) is 12.1 Å². The van der Waals surface area contributed by atoms with Gasteiger partial charge < -0.3 is 19.8 Å². The van der Waals surface area contributed by atoms with E-state index < -0.39 is 23.7 Å². The highest BCUT2D eigenvalue weighted by molar-refractivity contribution is 9.10. The number of halogens is 2. The van der Waals surface area contributed by atoms with Crippen molar-refractivity contribution < 1.29 is 28.7 Å². The van der Waals surface area contributed by atoms with Crippen molar-refractivity contribution in [2.24, 2.45) is 29.6 Å². The maximum absolute atomic E-state index is 14.1. The van der Waals surface area contributed by atoms with Gasteiger partial charge in [0.15, 0.2) is 6.61 Å². The fourth-order valence-electron chi connectivity index (χ4n) is 8.35. The summed E-state index contributed by atoms with van der Waals surface area (Å²) in [5, 5.41) is 4.08. The monoisotopic (exact) mass is 793 g/mol. The molecule has 2 aliphatic carbocycles. The first kappa shape index (κ1) is 33.2. The van der Waals surface area contributed by atoms with Crippen LogP contribution < -0.4 is 19.8 Å². The van der Waals surface area contributed by atoms with Crippen LogP contribution in [0.25, 0.3) is 0 Å². The Balaban J connectivity index is 1.08. The predicted molar refractivity (Wildman–Crippen MR) is 193 cm³/mol. The predicted octanol–water partition coefficient (Wildman–Crippen LogP) is 6.72. The molecule has 4 aliphatic rings. The first-order chi connectivity index (χ1) is 24.1. The van der Waals surface area contributed by atoms with E-state index in [0.717, 1.165) is 37.7 Å². The summed E-state index contributed by atoms with van der Waals surface area (Å²) in [6.07, 6.45) is 0.737. The molecule has 3 fully saturated rings. The van der Waals surface area contributed by atoms with Crippen LogP contribution in [0.5, 0.6) is 5.75 Å². The SMILES string of the molecule is CCOC(=O)c1ccc(NC(=O)COc2ccc(Br)cc2[C@H]2c3sc(=O)[nH]c3SC3C4CC(C5C(=O)N(c6ccc(Cl)cc6)C(=O)C45)C32)cc1. The number of anilines is 2. The van der Waals surface area contributed by atoms with Crippen molar-refractivity contribution in [3.63, 3.8) is 0 Å². The lowest BCUT2D eigenvalue weighted by atomic mass is 9.68. The van der Waals surface area contributed by atoms with E-state index in [9.17, 15) is 24.0 Å². The number of amides is 3. The molecule has 0 radical (unpaired) electrons. The van der Waals surface area contributed by atoms with Crippen molar-refractivity contribution >= 4 is 85.7 Å². The summed E-state index contributed by atoms with van der Waals surface area (Å²) in [5.41, 5.74) is 2.19. The third kappa shape index (κ3) is 5.58. The van der Waals surface area contributed by atoms with Gasteiger partial charge in [0, 0.05) is 36.8 Å². The van der Waals surface area contributed by atoms with Crippen LogP contribution in [0.1, 0.15) is 40.1 Å². The summed E-state index contributed by atoms with van der Waals surface area (Å²) >= 11 is 12.5. The van der Waals surface area contributed by atoms with Gasteiger partial charge in [-0.2, -0.15) is 0 Å². The Hall–Kier alpha value is -3.91. The van der Waals surface area contributed by atoms with E-state index in [0.29, 0.717) is 27.7 Å². The number of hydrogen-bond acceptors (Lipinski definition) is 9. The number of nitrogens with zero attached hydrogens (tertiary/aromatic N) is 1. The van der Waals surface area contributed by atoms with Gasteiger partial charge in [0.25, 0.3) is 5.91 Å². The van der Waals surface area contributed by atoms with Crippen LogP contribution in [0.2, 0.25) is 5.02 Å². The first-order valence-corrected chi connectivity index (χ1v) is 19.0. The number of aromatic amines is 1. The second-order valence-corrected chi connectivity index (χ2v) is 16.3. The second-order valence-electron chi connectivity index (χ2n) is 12.8. The fraction of sp³-hybridized carbons (Fsp3) is 0.306. The molecule has 3 heterocycles. The van der Waals surface area contributed by atoms with Crippen molar-refractivity contribution in [1.29, 1.82) is 0 Å². The molecule has 3 aromatic carbocycles. The minimum atomic E-state index is -0.470. The number of thioether (sulfide) groups is 1. The molecular weight excluding hydrogens is 766 g/mol. The summed E-state index contributed by atoms with van der Waals surface area (Å²) in [6, 6.07) is 18.8. The summed E-state index contributed by atoms with van der Waals surface area (Å²) in [7, 11) is 0. The number of H-pyrrole nitrogens is 1. The van der Waals surface area contributed by atoms with E-state index in [1.165, 1.54) is 4.90 Å². The number of nitrogens with one attached hydrogen (secondary N) is 2. The van der Waals surface area contributed by atoms with Crippen LogP contribution in [0.4, 0.5) is 11.4 Å². The van der Waals surface area contributed by atoms with E-state index in [-0.39, 0.29) is 58.8 Å². The molecule has 10 nitrogen and oxygen atoms in total. The topological polar surface area (TPSA) is 135 Å². The number of thiazole rings is 1. The maximum Gasteiger partial charge on any atom is 0.338 e. The molecular formula is C36H29BrClN3O7S2. The van der Waals surface area contributed by atoms with Crippen LogP contribution in [0.3, 0.4) is 0 Å². The third-order valence-electron chi connectivity index (χ3n) is 10.2. The van der Waals surface area contributed by atoms with Crippen molar-refractivity contribution in [2.75, 3.05) is 23.4 Å². The Morgan fingerprint density at radius 2 is 1.72 bits per heavy atom. The van der Waals surface area contributed by atoms with Crippen LogP contribution >= 0.6 is 50.6 Å². The quantitative estimate of drug-likeness (QED) is 0.148. The summed E-state index contributed by atoms with van der Waals surface area (Å²) in [4.78, 5) is 70.9. The van der Waals surface area contributed by atoms with Crippen LogP contribution in [0, 0.1) is 29.6 Å². The van der Waals surface area contributed by atoms with Gasteiger partial charge in [0.05, 0.1) is 34.7 Å². The minimum absolute atomic E-state index is 0.0152. The molecule has 8 rings (SSSR count). The van der Waals surface area contributed by atoms with E-state index >= 15 is 0 Å². The second kappa shape index (κ2) is 13.0. The largest absolute Gasteiger partial charge is 0.483 e. The van der Waals surface area contributed by atoms with E-state index in [4.69, 9.17) is 21.1 Å². The molecule has 2 aliphatic heterocycles.